The second-order valence-electron chi connectivity index (χ2n) is 5.06. The van der Waals surface area contributed by atoms with E-state index in [2.05, 4.69) is 51.2 Å². The Hall–Kier alpha value is -0.730. The zero-order valence-corrected chi connectivity index (χ0v) is 13.2. The summed E-state index contributed by atoms with van der Waals surface area (Å²) in [5.41, 5.74) is 2.90. The van der Waals surface area contributed by atoms with Gasteiger partial charge in [0.25, 0.3) is 0 Å². The molecule has 0 unspecified atom stereocenters. The zero-order valence-electron chi connectivity index (χ0n) is 10.8. The Balaban J connectivity index is 2.07. The van der Waals surface area contributed by atoms with Gasteiger partial charge in [0.15, 0.2) is 0 Å². The van der Waals surface area contributed by atoms with Crippen LogP contribution >= 0.6 is 27.5 Å². The Kier molecular flexibility index (Phi) is 3.99. The molecule has 0 aliphatic carbocycles. The lowest BCUT2D eigenvalue weighted by Crippen LogP contribution is -2.30. The van der Waals surface area contributed by atoms with Gasteiger partial charge in [-0.15, -0.1) is 11.6 Å². The summed E-state index contributed by atoms with van der Waals surface area (Å²) in [7, 11) is 0. The van der Waals surface area contributed by atoms with Gasteiger partial charge in [0, 0.05) is 29.1 Å². The summed E-state index contributed by atoms with van der Waals surface area (Å²) in [6.07, 6.45) is 3.47. The third-order valence-electron chi connectivity index (χ3n) is 3.83. The summed E-state index contributed by atoms with van der Waals surface area (Å²) in [6.45, 7) is 2.22. The van der Waals surface area contributed by atoms with Crippen molar-refractivity contribution in [3.63, 3.8) is 0 Å². The fraction of sp³-hybridized carbons (Fsp3) is 0.375. The highest BCUT2D eigenvalue weighted by molar-refractivity contribution is 9.10. The fourth-order valence-corrected chi connectivity index (χ4v) is 3.43. The molecular weight excluding hydrogens is 322 g/mol. The first kappa shape index (κ1) is 13.3. The minimum Gasteiger partial charge on any atom is -0.371 e. The number of nitrogens with zero attached hydrogens (tertiary/aromatic N) is 1. The molecule has 0 aromatic heterocycles. The molecule has 0 saturated heterocycles. The molecule has 0 fully saturated rings. The van der Waals surface area contributed by atoms with Gasteiger partial charge < -0.3 is 4.90 Å². The lowest BCUT2D eigenvalue weighted by molar-refractivity contribution is 0.685. The van der Waals surface area contributed by atoms with Crippen LogP contribution < -0.4 is 4.90 Å². The van der Waals surface area contributed by atoms with Crippen molar-refractivity contribution >= 4 is 44.0 Å². The number of aryl methyl sites for hydroxylation is 1. The highest BCUT2D eigenvalue weighted by Crippen LogP contribution is 2.34. The standard InChI is InChI=1S/C16H17BrClN/c17-13-6-4-12-5-7-16-14(15(12)11-13)3-1-9-19(16)10-2-8-18/h4-7,11H,1-3,8-10H2. The number of hydrogen-bond donors (Lipinski definition) is 0. The largest absolute Gasteiger partial charge is 0.371 e. The van der Waals surface area contributed by atoms with Crippen LogP contribution in [0.1, 0.15) is 18.4 Å². The van der Waals surface area contributed by atoms with Crippen molar-refractivity contribution in [2.75, 3.05) is 23.9 Å². The molecule has 100 valence electrons. The Morgan fingerprint density at radius 3 is 2.89 bits per heavy atom. The summed E-state index contributed by atoms with van der Waals surface area (Å²) in [5.74, 6) is 0.741. The van der Waals surface area contributed by atoms with E-state index in [0.29, 0.717) is 0 Å². The van der Waals surface area contributed by atoms with E-state index in [4.69, 9.17) is 11.6 Å². The maximum Gasteiger partial charge on any atom is 0.0405 e. The van der Waals surface area contributed by atoms with Gasteiger partial charge in [-0.3, -0.25) is 0 Å². The molecule has 0 N–H and O–H groups in total. The average molecular weight is 339 g/mol. The van der Waals surface area contributed by atoms with Crippen LogP contribution in [0.2, 0.25) is 0 Å². The Morgan fingerprint density at radius 1 is 1.21 bits per heavy atom. The second kappa shape index (κ2) is 5.72. The van der Waals surface area contributed by atoms with E-state index in [1.165, 1.54) is 34.9 Å². The molecule has 0 amide bonds. The van der Waals surface area contributed by atoms with Crippen LogP contribution in [-0.4, -0.2) is 19.0 Å². The van der Waals surface area contributed by atoms with Crippen molar-refractivity contribution in [3.05, 3.63) is 40.4 Å². The number of benzene rings is 2. The number of fused-ring (bicyclic) bond motifs is 3. The highest BCUT2D eigenvalue weighted by atomic mass is 79.9. The van der Waals surface area contributed by atoms with Crippen LogP contribution in [0.4, 0.5) is 5.69 Å². The molecule has 0 spiro atoms. The Morgan fingerprint density at radius 2 is 2.05 bits per heavy atom. The maximum atomic E-state index is 5.83. The van der Waals surface area contributed by atoms with Crippen molar-refractivity contribution in [1.82, 2.24) is 0 Å². The van der Waals surface area contributed by atoms with Gasteiger partial charge in [-0.2, -0.15) is 0 Å². The SMILES string of the molecule is ClCCCN1CCCc2c1ccc1ccc(Br)cc21. The van der Waals surface area contributed by atoms with E-state index in [9.17, 15) is 0 Å². The van der Waals surface area contributed by atoms with Crippen molar-refractivity contribution in [1.29, 1.82) is 0 Å². The Bertz CT molecular complexity index is 597. The van der Waals surface area contributed by atoms with Crippen molar-refractivity contribution in [3.8, 4) is 0 Å². The zero-order chi connectivity index (χ0) is 13.2. The first-order valence-electron chi connectivity index (χ1n) is 6.81. The molecular formula is C16H17BrClN. The van der Waals surface area contributed by atoms with Gasteiger partial charge in [0.1, 0.15) is 0 Å². The lowest BCUT2D eigenvalue weighted by Gasteiger charge is -2.32. The minimum absolute atomic E-state index is 0.741. The first-order valence-corrected chi connectivity index (χ1v) is 8.14. The third kappa shape index (κ3) is 2.61. The molecule has 2 aromatic rings. The van der Waals surface area contributed by atoms with Crippen LogP contribution in [0, 0.1) is 0 Å². The molecule has 2 aromatic carbocycles. The van der Waals surface area contributed by atoms with Crippen LogP contribution in [0.3, 0.4) is 0 Å². The van der Waals surface area contributed by atoms with Gasteiger partial charge >= 0.3 is 0 Å². The highest BCUT2D eigenvalue weighted by Gasteiger charge is 2.18. The van der Waals surface area contributed by atoms with E-state index in [0.717, 1.165) is 29.9 Å². The van der Waals surface area contributed by atoms with E-state index in [1.807, 2.05) is 0 Å². The first-order chi connectivity index (χ1) is 9.29. The molecule has 1 aliphatic rings. The molecule has 1 heterocycles. The van der Waals surface area contributed by atoms with Gasteiger partial charge in [-0.05, 0) is 53.8 Å². The van der Waals surface area contributed by atoms with Crippen LogP contribution in [0.15, 0.2) is 34.8 Å². The number of halogens is 2. The summed E-state index contributed by atoms with van der Waals surface area (Å²) < 4.78 is 1.16. The average Bonchev–Trinajstić information content (AvgIpc) is 2.44. The lowest BCUT2D eigenvalue weighted by atomic mass is 9.95. The molecule has 0 saturated carbocycles. The summed E-state index contributed by atoms with van der Waals surface area (Å²) >= 11 is 9.42. The molecule has 0 radical (unpaired) electrons. The molecule has 1 nitrogen and oxygen atoms in total. The van der Waals surface area contributed by atoms with Crippen molar-refractivity contribution < 1.29 is 0 Å². The van der Waals surface area contributed by atoms with E-state index in [1.54, 1.807) is 0 Å². The van der Waals surface area contributed by atoms with Gasteiger partial charge in [0.05, 0.1) is 0 Å². The summed E-state index contributed by atoms with van der Waals surface area (Å²) in [5, 5.41) is 2.73. The van der Waals surface area contributed by atoms with E-state index < -0.39 is 0 Å². The van der Waals surface area contributed by atoms with Crippen molar-refractivity contribution in [2.24, 2.45) is 0 Å². The fourth-order valence-electron chi connectivity index (χ4n) is 2.95. The number of hydrogen-bond acceptors (Lipinski definition) is 1. The van der Waals surface area contributed by atoms with Gasteiger partial charge in [-0.1, -0.05) is 28.1 Å². The topological polar surface area (TPSA) is 3.24 Å². The quantitative estimate of drug-likeness (QED) is 0.713. The van der Waals surface area contributed by atoms with Crippen molar-refractivity contribution in [2.45, 2.75) is 19.3 Å². The normalized spacial score (nSPS) is 14.7. The van der Waals surface area contributed by atoms with E-state index >= 15 is 0 Å². The molecule has 0 bridgehead atoms. The van der Waals surface area contributed by atoms with Gasteiger partial charge in [-0.25, -0.2) is 0 Å². The number of rotatable bonds is 3. The number of alkyl halides is 1. The van der Waals surface area contributed by atoms with Crippen LogP contribution in [-0.2, 0) is 6.42 Å². The molecule has 19 heavy (non-hydrogen) atoms. The monoisotopic (exact) mass is 337 g/mol. The molecule has 1 aliphatic heterocycles. The maximum absolute atomic E-state index is 5.83. The van der Waals surface area contributed by atoms with E-state index in [-0.39, 0.29) is 0 Å². The molecule has 3 rings (SSSR count). The third-order valence-corrected chi connectivity index (χ3v) is 4.59. The van der Waals surface area contributed by atoms with Gasteiger partial charge in [0.2, 0.25) is 0 Å². The smallest absolute Gasteiger partial charge is 0.0405 e. The summed E-state index contributed by atoms with van der Waals surface area (Å²) in [4.78, 5) is 2.49. The Labute approximate surface area is 127 Å². The molecule has 3 heteroatoms. The molecule has 0 atom stereocenters. The predicted molar refractivity (Wildman–Crippen MR) is 87.5 cm³/mol. The van der Waals surface area contributed by atoms with Crippen LogP contribution in [0.5, 0.6) is 0 Å². The second-order valence-corrected chi connectivity index (χ2v) is 6.36. The summed E-state index contributed by atoms with van der Waals surface area (Å²) in [6, 6.07) is 11.1. The minimum atomic E-state index is 0.741. The number of anilines is 1. The predicted octanol–water partition coefficient (Wildman–Crippen LogP) is 4.98. The van der Waals surface area contributed by atoms with Crippen LogP contribution in [0.25, 0.3) is 10.8 Å².